The molecule has 6 N–H and O–H groups in total. The molecule has 0 bridgehead atoms. The van der Waals surface area contributed by atoms with E-state index >= 15 is 0 Å². The van der Waals surface area contributed by atoms with Crippen LogP contribution in [-0.2, 0) is 9.84 Å². The smallest absolute Gasteiger partial charge is 0.250 e. The number of nitrogen functional groups attached to an aromatic ring is 1. The highest BCUT2D eigenvalue weighted by Gasteiger charge is 2.19. The van der Waals surface area contributed by atoms with Crippen LogP contribution in [0.25, 0.3) is 0 Å². The van der Waals surface area contributed by atoms with Gasteiger partial charge in [0, 0.05) is 11.9 Å². The number of hydrogen-bond acceptors (Lipinski definition) is 5. The lowest BCUT2D eigenvalue weighted by atomic mass is 10.1. The third-order valence-corrected chi connectivity index (χ3v) is 3.33. The Labute approximate surface area is 93.3 Å². The maximum Gasteiger partial charge on any atom is 0.250 e. The SMILES string of the molecule is CS(=O)(=O)C(N)c1ccc(N)c(C(N)=O)c1. The molecule has 0 saturated carbocycles. The highest BCUT2D eigenvalue weighted by atomic mass is 32.2. The van der Waals surface area contributed by atoms with Crippen molar-refractivity contribution in [3.63, 3.8) is 0 Å². The van der Waals surface area contributed by atoms with Gasteiger partial charge in [-0.05, 0) is 17.7 Å². The number of carbonyl (C=O) groups excluding carboxylic acids is 1. The van der Waals surface area contributed by atoms with Gasteiger partial charge in [0.1, 0.15) is 5.37 Å². The summed E-state index contributed by atoms with van der Waals surface area (Å²) in [5.41, 5.74) is 16.6. The van der Waals surface area contributed by atoms with E-state index < -0.39 is 21.1 Å². The number of nitrogens with two attached hydrogens (primary N) is 3. The van der Waals surface area contributed by atoms with E-state index in [0.717, 1.165) is 6.26 Å². The lowest BCUT2D eigenvalue weighted by Gasteiger charge is -2.11. The molecule has 7 heteroatoms. The fraction of sp³-hybridized carbons (Fsp3) is 0.222. The van der Waals surface area contributed by atoms with Crippen LogP contribution >= 0.6 is 0 Å². The average Bonchev–Trinajstić information content (AvgIpc) is 2.15. The molecule has 6 nitrogen and oxygen atoms in total. The second kappa shape index (κ2) is 4.11. The fourth-order valence-electron chi connectivity index (χ4n) is 1.21. The van der Waals surface area contributed by atoms with E-state index in [1.54, 1.807) is 0 Å². The molecule has 1 aromatic rings. The summed E-state index contributed by atoms with van der Waals surface area (Å²) < 4.78 is 22.5. The van der Waals surface area contributed by atoms with Crippen molar-refractivity contribution in [2.75, 3.05) is 12.0 Å². The summed E-state index contributed by atoms with van der Waals surface area (Å²) in [7, 11) is -3.43. The van der Waals surface area contributed by atoms with E-state index in [1.807, 2.05) is 0 Å². The molecule has 0 saturated heterocycles. The Balaban J connectivity index is 3.29. The number of benzene rings is 1. The van der Waals surface area contributed by atoms with Crippen LogP contribution in [0, 0.1) is 0 Å². The second-order valence-corrected chi connectivity index (χ2v) is 5.63. The van der Waals surface area contributed by atoms with Crippen molar-refractivity contribution in [3.8, 4) is 0 Å². The standard InChI is InChI=1S/C9H13N3O3S/c1-16(14,15)9(12)5-2-3-7(10)6(4-5)8(11)13/h2-4,9H,10,12H2,1H3,(H2,11,13). The molecule has 0 aliphatic rings. The first-order valence-electron chi connectivity index (χ1n) is 4.37. The van der Waals surface area contributed by atoms with E-state index in [0.29, 0.717) is 0 Å². The van der Waals surface area contributed by atoms with E-state index in [2.05, 4.69) is 0 Å². The Bertz CT molecular complexity index is 525. The molecular weight excluding hydrogens is 230 g/mol. The molecule has 0 heterocycles. The van der Waals surface area contributed by atoms with E-state index in [4.69, 9.17) is 17.2 Å². The molecule has 0 aromatic heterocycles. The van der Waals surface area contributed by atoms with Crippen molar-refractivity contribution in [2.45, 2.75) is 5.37 Å². The number of hydrogen-bond donors (Lipinski definition) is 3. The Kier molecular flexibility index (Phi) is 3.20. The zero-order chi connectivity index (χ0) is 12.5. The lowest BCUT2D eigenvalue weighted by Crippen LogP contribution is -2.22. The number of rotatable bonds is 3. The van der Waals surface area contributed by atoms with E-state index in [1.165, 1.54) is 18.2 Å². The second-order valence-electron chi connectivity index (χ2n) is 3.46. The van der Waals surface area contributed by atoms with Crippen LogP contribution in [-0.4, -0.2) is 20.6 Å². The lowest BCUT2D eigenvalue weighted by molar-refractivity contribution is 0.100. The van der Waals surface area contributed by atoms with Crippen molar-refractivity contribution in [2.24, 2.45) is 11.5 Å². The molecule has 1 atom stereocenters. The summed E-state index contributed by atoms with van der Waals surface area (Å²) in [5, 5.41) is -1.19. The van der Waals surface area contributed by atoms with Gasteiger partial charge in [0.25, 0.3) is 5.91 Å². The minimum absolute atomic E-state index is 0.0663. The number of carbonyl (C=O) groups is 1. The molecule has 0 aliphatic carbocycles. The molecule has 0 radical (unpaired) electrons. The van der Waals surface area contributed by atoms with Gasteiger partial charge >= 0.3 is 0 Å². The third-order valence-electron chi connectivity index (χ3n) is 2.13. The molecule has 1 unspecified atom stereocenters. The summed E-state index contributed by atoms with van der Waals surface area (Å²) >= 11 is 0. The Morgan fingerprint density at radius 1 is 1.38 bits per heavy atom. The largest absolute Gasteiger partial charge is 0.398 e. The van der Waals surface area contributed by atoms with E-state index in [9.17, 15) is 13.2 Å². The van der Waals surface area contributed by atoms with Gasteiger partial charge in [0.05, 0.1) is 5.56 Å². The van der Waals surface area contributed by atoms with Gasteiger partial charge < -0.3 is 17.2 Å². The molecular formula is C9H13N3O3S. The predicted molar refractivity (Wildman–Crippen MR) is 61.1 cm³/mol. The van der Waals surface area contributed by atoms with Gasteiger partial charge in [-0.15, -0.1) is 0 Å². The summed E-state index contributed by atoms with van der Waals surface area (Å²) in [6.45, 7) is 0. The summed E-state index contributed by atoms with van der Waals surface area (Å²) in [4.78, 5) is 11.0. The maximum absolute atomic E-state index is 11.2. The summed E-state index contributed by atoms with van der Waals surface area (Å²) in [5.74, 6) is -0.722. The van der Waals surface area contributed by atoms with Crippen LogP contribution in [0.3, 0.4) is 0 Å². The van der Waals surface area contributed by atoms with Crippen molar-refractivity contribution >= 4 is 21.4 Å². The van der Waals surface area contributed by atoms with E-state index in [-0.39, 0.29) is 16.8 Å². The minimum atomic E-state index is -3.43. The van der Waals surface area contributed by atoms with Crippen molar-refractivity contribution < 1.29 is 13.2 Å². The first-order valence-corrected chi connectivity index (χ1v) is 6.32. The normalized spacial score (nSPS) is 13.4. The van der Waals surface area contributed by atoms with Gasteiger partial charge in [-0.25, -0.2) is 8.42 Å². The Morgan fingerprint density at radius 3 is 2.38 bits per heavy atom. The van der Waals surface area contributed by atoms with Crippen LogP contribution in [0.1, 0.15) is 21.3 Å². The average molecular weight is 243 g/mol. The topological polar surface area (TPSA) is 129 Å². The zero-order valence-electron chi connectivity index (χ0n) is 8.67. The number of sulfone groups is 1. The predicted octanol–water partition coefficient (Wildman–Crippen LogP) is -0.630. The van der Waals surface area contributed by atoms with Gasteiger partial charge in [0.15, 0.2) is 9.84 Å². The third kappa shape index (κ3) is 2.50. The van der Waals surface area contributed by atoms with Gasteiger partial charge in [0.2, 0.25) is 0 Å². The van der Waals surface area contributed by atoms with Crippen molar-refractivity contribution in [1.82, 2.24) is 0 Å². The van der Waals surface area contributed by atoms with Crippen LogP contribution < -0.4 is 17.2 Å². The Hall–Kier alpha value is -1.60. The maximum atomic E-state index is 11.2. The van der Waals surface area contributed by atoms with Crippen LogP contribution in [0.5, 0.6) is 0 Å². The molecule has 0 fully saturated rings. The van der Waals surface area contributed by atoms with Crippen LogP contribution in [0.15, 0.2) is 18.2 Å². The first kappa shape index (κ1) is 12.5. The molecule has 1 amide bonds. The highest BCUT2D eigenvalue weighted by molar-refractivity contribution is 7.90. The van der Waals surface area contributed by atoms with Gasteiger partial charge in [-0.1, -0.05) is 6.07 Å². The molecule has 1 aromatic carbocycles. The summed E-state index contributed by atoms with van der Waals surface area (Å²) in [6, 6.07) is 4.15. The highest BCUT2D eigenvalue weighted by Crippen LogP contribution is 2.20. The fourth-order valence-corrected chi connectivity index (χ4v) is 1.85. The Morgan fingerprint density at radius 2 is 1.94 bits per heavy atom. The molecule has 16 heavy (non-hydrogen) atoms. The first-order chi connectivity index (χ1) is 7.23. The molecule has 0 spiro atoms. The van der Waals surface area contributed by atoms with Crippen molar-refractivity contribution in [3.05, 3.63) is 29.3 Å². The number of anilines is 1. The summed E-state index contributed by atoms with van der Waals surface area (Å²) in [6.07, 6.45) is 1.01. The number of amides is 1. The van der Waals surface area contributed by atoms with Gasteiger partial charge in [-0.3, -0.25) is 4.79 Å². The zero-order valence-corrected chi connectivity index (χ0v) is 9.49. The number of primary amides is 1. The monoisotopic (exact) mass is 243 g/mol. The molecule has 88 valence electrons. The van der Waals surface area contributed by atoms with Crippen LogP contribution in [0.4, 0.5) is 5.69 Å². The minimum Gasteiger partial charge on any atom is -0.398 e. The van der Waals surface area contributed by atoms with Crippen LogP contribution in [0.2, 0.25) is 0 Å². The van der Waals surface area contributed by atoms with Crippen molar-refractivity contribution in [1.29, 1.82) is 0 Å². The van der Waals surface area contributed by atoms with Gasteiger partial charge in [-0.2, -0.15) is 0 Å². The molecule has 1 rings (SSSR count). The quantitative estimate of drug-likeness (QED) is 0.608. The molecule has 0 aliphatic heterocycles.